The molecule has 0 saturated carbocycles. The molecule has 2 aromatic rings. The molecule has 116 valence electrons. The molecule has 0 atom stereocenters. The third kappa shape index (κ3) is 3.46. The molecule has 2 N–H and O–H groups in total. The highest BCUT2D eigenvalue weighted by Gasteiger charge is 2.14. The smallest absolute Gasteiger partial charge is 0.254 e. The van der Waals surface area contributed by atoms with Crippen LogP contribution in [0.2, 0.25) is 0 Å². The van der Waals surface area contributed by atoms with Gasteiger partial charge in [-0.05, 0) is 42.3 Å². The lowest BCUT2D eigenvalue weighted by molar-refractivity contribution is 0.0946. The van der Waals surface area contributed by atoms with E-state index in [0.29, 0.717) is 5.56 Å². The van der Waals surface area contributed by atoms with Gasteiger partial charge in [0.25, 0.3) is 5.91 Å². The standard InChI is InChI=1S/C16H14F3NO2/c1-9-4-15(19)12(6-14(9)18)16(22)20-7-10-2-3-13(17)11(5-10)8-21/h2-6,21H,7-8H2,1H3,(H,20,22). The normalized spacial score (nSPS) is 10.6. The third-order valence-corrected chi connectivity index (χ3v) is 3.23. The second-order valence-corrected chi connectivity index (χ2v) is 4.85. The van der Waals surface area contributed by atoms with E-state index in [1.165, 1.54) is 25.1 Å². The third-order valence-electron chi connectivity index (χ3n) is 3.23. The number of halogens is 3. The summed E-state index contributed by atoms with van der Waals surface area (Å²) >= 11 is 0. The highest BCUT2D eigenvalue weighted by molar-refractivity contribution is 5.94. The molecule has 0 aromatic heterocycles. The zero-order chi connectivity index (χ0) is 16.3. The van der Waals surface area contributed by atoms with Gasteiger partial charge in [-0.2, -0.15) is 0 Å². The summed E-state index contributed by atoms with van der Waals surface area (Å²) in [4.78, 5) is 11.9. The first-order valence-electron chi connectivity index (χ1n) is 6.54. The van der Waals surface area contributed by atoms with Crippen molar-refractivity contribution in [3.63, 3.8) is 0 Å². The van der Waals surface area contributed by atoms with Crippen LogP contribution in [0, 0.1) is 24.4 Å². The van der Waals surface area contributed by atoms with Gasteiger partial charge in [0.05, 0.1) is 12.2 Å². The molecule has 0 aliphatic rings. The van der Waals surface area contributed by atoms with Crippen molar-refractivity contribution < 1.29 is 23.1 Å². The molecule has 3 nitrogen and oxygen atoms in total. The molecule has 2 aromatic carbocycles. The lowest BCUT2D eigenvalue weighted by Gasteiger charge is -2.09. The van der Waals surface area contributed by atoms with Gasteiger partial charge in [0.1, 0.15) is 17.5 Å². The van der Waals surface area contributed by atoms with Gasteiger partial charge in [-0.15, -0.1) is 0 Å². The van der Waals surface area contributed by atoms with Crippen molar-refractivity contribution in [2.24, 2.45) is 0 Å². The fourth-order valence-corrected chi connectivity index (χ4v) is 1.96. The van der Waals surface area contributed by atoms with Gasteiger partial charge in [0, 0.05) is 12.1 Å². The Balaban J connectivity index is 2.12. The SMILES string of the molecule is Cc1cc(F)c(C(=O)NCc2ccc(F)c(CO)c2)cc1F. The molecule has 22 heavy (non-hydrogen) atoms. The highest BCUT2D eigenvalue weighted by atomic mass is 19.1. The molecule has 0 fully saturated rings. The molecule has 1 amide bonds. The predicted molar refractivity (Wildman–Crippen MR) is 74.6 cm³/mol. The van der Waals surface area contributed by atoms with Crippen LogP contribution in [0.3, 0.4) is 0 Å². The number of hydrogen-bond acceptors (Lipinski definition) is 2. The monoisotopic (exact) mass is 309 g/mol. The average molecular weight is 309 g/mol. The Morgan fingerprint density at radius 1 is 1.09 bits per heavy atom. The van der Waals surface area contributed by atoms with E-state index in [1.54, 1.807) is 0 Å². The molecule has 2 rings (SSSR count). The van der Waals surface area contributed by atoms with Crippen molar-refractivity contribution in [3.05, 3.63) is 70.0 Å². The second-order valence-electron chi connectivity index (χ2n) is 4.85. The number of benzene rings is 2. The average Bonchev–Trinajstić information content (AvgIpc) is 2.49. The summed E-state index contributed by atoms with van der Waals surface area (Å²) in [5.74, 6) is -2.81. The summed E-state index contributed by atoms with van der Waals surface area (Å²) in [6.45, 7) is 0.932. The van der Waals surface area contributed by atoms with Crippen LogP contribution in [0.1, 0.15) is 27.0 Å². The summed E-state index contributed by atoms with van der Waals surface area (Å²) in [5.41, 5.74) is 0.346. The van der Waals surface area contributed by atoms with Gasteiger partial charge >= 0.3 is 0 Å². The number of rotatable bonds is 4. The van der Waals surface area contributed by atoms with Crippen LogP contribution in [0.25, 0.3) is 0 Å². The summed E-state index contributed by atoms with van der Waals surface area (Å²) < 4.78 is 40.3. The van der Waals surface area contributed by atoms with Gasteiger partial charge < -0.3 is 10.4 Å². The Morgan fingerprint density at radius 2 is 1.82 bits per heavy atom. The number of aliphatic hydroxyl groups excluding tert-OH is 1. The first-order chi connectivity index (χ1) is 10.4. The van der Waals surface area contributed by atoms with Gasteiger partial charge in [-0.1, -0.05) is 6.07 Å². The van der Waals surface area contributed by atoms with Crippen molar-refractivity contribution >= 4 is 5.91 Å². The van der Waals surface area contributed by atoms with Crippen molar-refractivity contribution in [1.82, 2.24) is 5.32 Å². The molecule has 0 heterocycles. The van der Waals surface area contributed by atoms with E-state index in [1.807, 2.05) is 0 Å². The topological polar surface area (TPSA) is 49.3 Å². The molecule has 0 aliphatic heterocycles. The lowest BCUT2D eigenvalue weighted by Crippen LogP contribution is -2.24. The van der Waals surface area contributed by atoms with Crippen LogP contribution in [0.15, 0.2) is 30.3 Å². The maximum absolute atomic E-state index is 13.7. The first kappa shape index (κ1) is 16.0. The van der Waals surface area contributed by atoms with Crippen LogP contribution in [0.5, 0.6) is 0 Å². The number of nitrogens with one attached hydrogen (secondary N) is 1. The molecule has 0 radical (unpaired) electrons. The number of aliphatic hydroxyl groups is 1. The fraction of sp³-hybridized carbons (Fsp3) is 0.188. The van der Waals surface area contributed by atoms with Gasteiger partial charge in [-0.3, -0.25) is 4.79 Å². The number of aryl methyl sites for hydroxylation is 1. The summed E-state index contributed by atoms with van der Waals surface area (Å²) in [5, 5.41) is 11.4. The number of carbonyl (C=O) groups excluding carboxylic acids is 1. The molecular formula is C16H14F3NO2. The van der Waals surface area contributed by atoms with E-state index in [2.05, 4.69) is 5.32 Å². The minimum atomic E-state index is -0.813. The van der Waals surface area contributed by atoms with Crippen LogP contribution < -0.4 is 5.32 Å². The molecule has 6 heteroatoms. The van der Waals surface area contributed by atoms with Gasteiger partial charge in [0.15, 0.2) is 0 Å². The zero-order valence-electron chi connectivity index (χ0n) is 11.8. The molecule has 0 bridgehead atoms. The Hall–Kier alpha value is -2.34. The molecule has 0 aliphatic carbocycles. The Bertz CT molecular complexity index is 717. The van der Waals surface area contributed by atoms with Crippen molar-refractivity contribution in [3.8, 4) is 0 Å². The maximum Gasteiger partial charge on any atom is 0.254 e. The molecular weight excluding hydrogens is 295 g/mol. The van der Waals surface area contributed by atoms with Gasteiger partial charge in [0.2, 0.25) is 0 Å². The summed E-state index contributed by atoms with van der Waals surface area (Å²) in [6.07, 6.45) is 0. The minimum absolute atomic E-state index is 0.00104. The summed E-state index contributed by atoms with van der Waals surface area (Å²) in [6, 6.07) is 5.78. The van der Waals surface area contributed by atoms with Crippen LogP contribution in [0.4, 0.5) is 13.2 Å². The zero-order valence-corrected chi connectivity index (χ0v) is 11.8. The van der Waals surface area contributed by atoms with Crippen LogP contribution in [-0.4, -0.2) is 11.0 Å². The minimum Gasteiger partial charge on any atom is -0.392 e. The predicted octanol–water partition coefficient (Wildman–Crippen LogP) is 2.83. The fourth-order valence-electron chi connectivity index (χ4n) is 1.96. The van der Waals surface area contributed by atoms with Crippen LogP contribution in [-0.2, 0) is 13.2 Å². The number of hydrogen-bond donors (Lipinski definition) is 2. The maximum atomic E-state index is 13.7. The number of amides is 1. The van der Waals surface area contributed by atoms with E-state index in [4.69, 9.17) is 5.11 Å². The van der Waals surface area contributed by atoms with E-state index in [-0.39, 0.29) is 17.7 Å². The number of carbonyl (C=O) groups is 1. The van der Waals surface area contributed by atoms with Gasteiger partial charge in [-0.25, -0.2) is 13.2 Å². The van der Waals surface area contributed by atoms with E-state index >= 15 is 0 Å². The quantitative estimate of drug-likeness (QED) is 0.912. The Labute approximate surface area is 125 Å². The van der Waals surface area contributed by atoms with E-state index in [0.717, 1.165) is 12.1 Å². The van der Waals surface area contributed by atoms with Crippen molar-refractivity contribution in [2.45, 2.75) is 20.1 Å². The Morgan fingerprint density at radius 3 is 2.50 bits per heavy atom. The lowest BCUT2D eigenvalue weighted by atomic mass is 10.1. The largest absolute Gasteiger partial charge is 0.392 e. The molecule has 0 unspecified atom stereocenters. The summed E-state index contributed by atoms with van der Waals surface area (Å²) in [7, 11) is 0. The molecule has 0 spiro atoms. The second kappa shape index (κ2) is 6.62. The highest BCUT2D eigenvalue weighted by Crippen LogP contribution is 2.15. The van der Waals surface area contributed by atoms with Crippen molar-refractivity contribution in [1.29, 1.82) is 0 Å². The Kier molecular flexibility index (Phi) is 4.82. The molecule has 0 saturated heterocycles. The van der Waals surface area contributed by atoms with E-state index < -0.39 is 35.5 Å². The van der Waals surface area contributed by atoms with Crippen molar-refractivity contribution in [2.75, 3.05) is 0 Å². The first-order valence-corrected chi connectivity index (χ1v) is 6.54. The van der Waals surface area contributed by atoms with Crippen LogP contribution >= 0.6 is 0 Å². The van der Waals surface area contributed by atoms with E-state index in [9.17, 15) is 18.0 Å².